The van der Waals surface area contributed by atoms with E-state index in [1.54, 1.807) is 18.3 Å². The molecule has 0 saturated heterocycles. The number of hydrogen-bond donors (Lipinski definition) is 1. The van der Waals surface area contributed by atoms with Gasteiger partial charge in [-0.1, -0.05) is 29.3 Å². The van der Waals surface area contributed by atoms with E-state index in [0.717, 1.165) is 21.8 Å². The number of rotatable bonds is 7. The highest BCUT2D eigenvalue weighted by molar-refractivity contribution is 9.10. The summed E-state index contributed by atoms with van der Waals surface area (Å²) in [7, 11) is 0. The first-order valence-corrected chi connectivity index (χ1v) is 9.73. The molecule has 0 amide bonds. The number of aromatic nitrogens is 1. The summed E-state index contributed by atoms with van der Waals surface area (Å²) < 4.78 is 6.56. The molecular weight excluding hydrogens is 483 g/mol. The molecule has 3 aromatic rings. The average molecular weight is 496 g/mol. The van der Waals surface area contributed by atoms with Crippen LogP contribution < -0.4 is 10.2 Å². The summed E-state index contributed by atoms with van der Waals surface area (Å²) in [6, 6.07) is 13.7. The van der Waals surface area contributed by atoms with Crippen LogP contribution in [0.4, 0.5) is 11.5 Å². The fourth-order valence-electron chi connectivity index (χ4n) is 2.24. The highest BCUT2D eigenvalue weighted by Gasteiger charge is 2.06. The third kappa shape index (κ3) is 5.90. The van der Waals surface area contributed by atoms with Gasteiger partial charge in [0.15, 0.2) is 0 Å². The molecule has 0 spiro atoms. The lowest BCUT2D eigenvalue weighted by molar-refractivity contribution is -0.385. The largest absolute Gasteiger partial charge is 0.488 e. The first kappa shape index (κ1) is 21.0. The topological polar surface area (TPSA) is 89.7 Å². The van der Waals surface area contributed by atoms with Crippen LogP contribution >= 0.6 is 39.1 Å². The van der Waals surface area contributed by atoms with Gasteiger partial charge in [0.05, 0.1) is 25.7 Å². The van der Waals surface area contributed by atoms with Crippen LogP contribution in [0.3, 0.4) is 0 Å². The van der Waals surface area contributed by atoms with Gasteiger partial charge in [-0.3, -0.25) is 15.5 Å². The van der Waals surface area contributed by atoms with Crippen molar-refractivity contribution in [3.05, 3.63) is 90.5 Å². The van der Waals surface area contributed by atoms with E-state index in [-0.39, 0.29) is 5.69 Å². The number of pyridine rings is 1. The summed E-state index contributed by atoms with van der Waals surface area (Å²) in [5.41, 5.74) is 4.35. The van der Waals surface area contributed by atoms with Gasteiger partial charge in [-0.2, -0.15) is 5.10 Å². The van der Waals surface area contributed by atoms with Crippen LogP contribution in [-0.4, -0.2) is 16.1 Å². The van der Waals surface area contributed by atoms with E-state index in [1.165, 1.54) is 12.1 Å². The Morgan fingerprint density at radius 3 is 2.66 bits per heavy atom. The number of hydrazone groups is 1. The summed E-state index contributed by atoms with van der Waals surface area (Å²) >= 11 is 15.4. The van der Waals surface area contributed by atoms with Crippen molar-refractivity contribution in [3.63, 3.8) is 0 Å². The van der Waals surface area contributed by atoms with Crippen molar-refractivity contribution >= 4 is 56.9 Å². The molecule has 7 nitrogen and oxygen atoms in total. The zero-order valence-electron chi connectivity index (χ0n) is 14.7. The van der Waals surface area contributed by atoms with Crippen LogP contribution in [0.25, 0.3) is 0 Å². The molecule has 1 N–H and O–H groups in total. The first-order chi connectivity index (χ1) is 13.9. The Bertz CT molecular complexity index is 1060. The van der Waals surface area contributed by atoms with Gasteiger partial charge in [0.25, 0.3) is 5.69 Å². The Hall–Kier alpha value is -2.68. The van der Waals surface area contributed by atoms with Crippen molar-refractivity contribution in [2.24, 2.45) is 5.10 Å². The predicted molar refractivity (Wildman–Crippen MR) is 117 cm³/mol. The van der Waals surface area contributed by atoms with Gasteiger partial charge in [-0.15, -0.1) is 0 Å². The lowest BCUT2D eigenvalue weighted by Gasteiger charge is -2.09. The number of anilines is 1. The van der Waals surface area contributed by atoms with Gasteiger partial charge < -0.3 is 4.74 Å². The Labute approximate surface area is 184 Å². The molecule has 0 unspecified atom stereocenters. The minimum Gasteiger partial charge on any atom is -0.488 e. The quantitative estimate of drug-likeness (QED) is 0.243. The molecule has 0 radical (unpaired) electrons. The number of nitrogens with one attached hydrogen (secondary N) is 1. The average Bonchev–Trinajstić information content (AvgIpc) is 2.70. The number of halogens is 3. The van der Waals surface area contributed by atoms with Gasteiger partial charge in [0, 0.05) is 6.07 Å². The Morgan fingerprint density at radius 1 is 1.17 bits per heavy atom. The maximum atomic E-state index is 10.6. The molecule has 1 aromatic heterocycles. The molecule has 2 aromatic carbocycles. The van der Waals surface area contributed by atoms with E-state index in [1.807, 2.05) is 24.3 Å². The van der Waals surface area contributed by atoms with Crippen LogP contribution in [0.2, 0.25) is 10.0 Å². The van der Waals surface area contributed by atoms with Crippen molar-refractivity contribution < 1.29 is 9.66 Å². The zero-order valence-corrected chi connectivity index (χ0v) is 17.8. The molecule has 0 saturated carbocycles. The van der Waals surface area contributed by atoms with E-state index < -0.39 is 4.92 Å². The molecule has 0 atom stereocenters. The summed E-state index contributed by atoms with van der Waals surface area (Å²) in [5, 5.41) is 15.7. The van der Waals surface area contributed by atoms with Crippen molar-refractivity contribution in [1.82, 2.24) is 4.98 Å². The highest BCUT2D eigenvalue weighted by Crippen LogP contribution is 2.28. The molecule has 29 heavy (non-hydrogen) atoms. The molecule has 0 bridgehead atoms. The third-order valence-corrected chi connectivity index (χ3v) is 5.04. The van der Waals surface area contributed by atoms with Gasteiger partial charge in [-0.05, 0) is 63.5 Å². The van der Waals surface area contributed by atoms with E-state index in [0.29, 0.717) is 28.2 Å². The second-order valence-corrected chi connectivity index (χ2v) is 7.42. The van der Waals surface area contributed by atoms with E-state index in [4.69, 9.17) is 27.9 Å². The summed E-state index contributed by atoms with van der Waals surface area (Å²) in [6.45, 7) is 0.344. The van der Waals surface area contributed by atoms with Crippen LogP contribution in [0.15, 0.2) is 64.3 Å². The summed E-state index contributed by atoms with van der Waals surface area (Å²) in [4.78, 5) is 14.0. The molecule has 3 rings (SSSR count). The number of nitrogens with zero attached hydrogens (tertiary/aromatic N) is 3. The predicted octanol–water partition coefficient (Wildman–Crippen LogP) is 6.08. The van der Waals surface area contributed by atoms with Crippen molar-refractivity contribution in [3.8, 4) is 5.75 Å². The Kier molecular flexibility index (Phi) is 7.03. The highest BCUT2D eigenvalue weighted by atomic mass is 79.9. The second-order valence-electron chi connectivity index (χ2n) is 5.76. The van der Waals surface area contributed by atoms with Gasteiger partial charge in [0.1, 0.15) is 24.4 Å². The second kappa shape index (κ2) is 9.69. The molecule has 0 aliphatic rings. The molecule has 148 valence electrons. The molecule has 10 heteroatoms. The molecule has 1 heterocycles. The molecule has 0 aliphatic heterocycles. The Balaban J connectivity index is 1.59. The van der Waals surface area contributed by atoms with E-state index >= 15 is 0 Å². The standard InChI is InChI=1S/C19H13BrCl2N4O3/c20-15-7-12(9-24-25-19-6-3-14(10-23-19)26(27)28)2-5-18(15)29-11-13-1-4-16(21)17(22)8-13/h1-10H,11H2,(H,23,25)/b24-9+. The lowest BCUT2D eigenvalue weighted by Crippen LogP contribution is -1.97. The Morgan fingerprint density at radius 2 is 2.00 bits per heavy atom. The lowest BCUT2D eigenvalue weighted by atomic mass is 10.2. The number of nitro groups is 1. The summed E-state index contributed by atoms with van der Waals surface area (Å²) in [6.07, 6.45) is 2.76. The molecular formula is C19H13BrCl2N4O3. The first-order valence-electron chi connectivity index (χ1n) is 8.18. The van der Waals surface area contributed by atoms with Crippen molar-refractivity contribution in [2.75, 3.05) is 5.43 Å². The SMILES string of the molecule is O=[N+]([O-])c1ccc(N/N=C/c2ccc(OCc3ccc(Cl)c(Cl)c3)c(Br)c2)nc1. The number of ether oxygens (including phenoxy) is 1. The third-order valence-electron chi connectivity index (χ3n) is 3.69. The van der Waals surface area contributed by atoms with Gasteiger partial charge >= 0.3 is 0 Å². The molecule has 0 fully saturated rings. The van der Waals surface area contributed by atoms with E-state index in [2.05, 4.69) is 31.4 Å². The summed E-state index contributed by atoms with van der Waals surface area (Å²) in [5.74, 6) is 1.06. The minimum atomic E-state index is -0.511. The maximum Gasteiger partial charge on any atom is 0.287 e. The van der Waals surface area contributed by atoms with E-state index in [9.17, 15) is 10.1 Å². The van der Waals surface area contributed by atoms with Gasteiger partial charge in [-0.25, -0.2) is 4.98 Å². The van der Waals surface area contributed by atoms with Gasteiger partial charge in [0.2, 0.25) is 0 Å². The smallest absolute Gasteiger partial charge is 0.287 e. The number of hydrogen-bond acceptors (Lipinski definition) is 6. The number of benzene rings is 2. The normalized spacial score (nSPS) is 10.9. The zero-order chi connectivity index (χ0) is 20.8. The van der Waals surface area contributed by atoms with Crippen molar-refractivity contribution in [1.29, 1.82) is 0 Å². The van der Waals surface area contributed by atoms with Crippen LogP contribution in [0.1, 0.15) is 11.1 Å². The fourth-order valence-corrected chi connectivity index (χ4v) is 3.07. The maximum absolute atomic E-state index is 10.6. The monoisotopic (exact) mass is 494 g/mol. The van der Waals surface area contributed by atoms with Crippen molar-refractivity contribution in [2.45, 2.75) is 6.61 Å². The fraction of sp³-hybridized carbons (Fsp3) is 0.0526. The molecule has 0 aliphatic carbocycles. The van der Waals surface area contributed by atoms with Crippen LogP contribution in [-0.2, 0) is 6.61 Å². The van der Waals surface area contributed by atoms with Crippen LogP contribution in [0, 0.1) is 10.1 Å². The van der Waals surface area contributed by atoms with Crippen LogP contribution in [0.5, 0.6) is 5.75 Å². The minimum absolute atomic E-state index is 0.0834.